The van der Waals surface area contributed by atoms with Gasteiger partial charge in [0.25, 0.3) is 5.91 Å². The van der Waals surface area contributed by atoms with E-state index >= 15 is 0 Å². The Hall–Kier alpha value is -2.83. The lowest BCUT2D eigenvalue weighted by atomic mass is 9.84. The number of rotatable bonds is 2. The fourth-order valence-corrected chi connectivity index (χ4v) is 4.94. The molecular weight excluding hydrogens is 368 g/mol. The summed E-state index contributed by atoms with van der Waals surface area (Å²) >= 11 is 0. The summed E-state index contributed by atoms with van der Waals surface area (Å²) in [5, 5.41) is 4.01. The van der Waals surface area contributed by atoms with Gasteiger partial charge in [-0.15, -0.1) is 0 Å². The highest BCUT2D eigenvalue weighted by Crippen LogP contribution is 2.39. The number of nitrogens with one attached hydrogen (secondary N) is 2. The number of H-pyrrole nitrogens is 1. The molecular formula is C22H28N4O3. The van der Waals surface area contributed by atoms with Crippen LogP contribution in [0.3, 0.4) is 0 Å². The van der Waals surface area contributed by atoms with E-state index in [9.17, 15) is 14.4 Å². The van der Waals surface area contributed by atoms with E-state index < -0.39 is 0 Å². The SMILES string of the molecule is CC(=O)N[C@@H]1CN(C(=O)c2cc3ccc(C)cc3[nH]2)C2(CCN(C(C)=O)CC2)C1. The average molecular weight is 396 g/mol. The van der Waals surface area contributed by atoms with Crippen molar-refractivity contribution in [3.63, 3.8) is 0 Å². The number of amides is 3. The van der Waals surface area contributed by atoms with Crippen LogP contribution in [0.4, 0.5) is 0 Å². The number of aromatic nitrogens is 1. The van der Waals surface area contributed by atoms with Crippen molar-refractivity contribution in [1.82, 2.24) is 20.1 Å². The lowest BCUT2D eigenvalue weighted by Gasteiger charge is -2.44. The summed E-state index contributed by atoms with van der Waals surface area (Å²) in [5.41, 5.74) is 2.33. The number of piperidine rings is 1. The van der Waals surface area contributed by atoms with Crippen LogP contribution in [0, 0.1) is 6.92 Å². The predicted octanol–water partition coefficient (Wildman–Crippen LogP) is 2.21. The van der Waals surface area contributed by atoms with Crippen molar-refractivity contribution in [2.75, 3.05) is 19.6 Å². The first-order valence-corrected chi connectivity index (χ1v) is 10.2. The molecule has 1 spiro atoms. The Kier molecular flexibility index (Phi) is 4.84. The van der Waals surface area contributed by atoms with Gasteiger partial charge in [0.15, 0.2) is 0 Å². The number of aryl methyl sites for hydroxylation is 1. The first kappa shape index (κ1) is 19.5. The van der Waals surface area contributed by atoms with E-state index in [4.69, 9.17) is 0 Å². The smallest absolute Gasteiger partial charge is 0.270 e. The molecule has 0 radical (unpaired) electrons. The molecule has 1 atom stereocenters. The second-order valence-electron chi connectivity index (χ2n) is 8.52. The second kappa shape index (κ2) is 7.21. The molecule has 2 saturated heterocycles. The van der Waals surface area contributed by atoms with Crippen LogP contribution in [0.2, 0.25) is 0 Å². The summed E-state index contributed by atoms with van der Waals surface area (Å²) in [6.45, 7) is 6.89. The van der Waals surface area contributed by atoms with Crippen LogP contribution in [0.25, 0.3) is 10.9 Å². The number of aromatic amines is 1. The van der Waals surface area contributed by atoms with Gasteiger partial charge in [0.05, 0.1) is 0 Å². The number of nitrogens with zero attached hydrogens (tertiary/aromatic N) is 2. The molecule has 0 unspecified atom stereocenters. The summed E-state index contributed by atoms with van der Waals surface area (Å²) in [5.74, 6) is -0.0511. The van der Waals surface area contributed by atoms with Crippen molar-refractivity contribution in [3.8, 4) is 0 Å². The minimum Gasteiger partial charge on any atom is -0.352 e. The molecule has 1 aromatic heterocycles. The maximum atomic E-state index is 13.5. The van der Waals surface area contributed by atoms with Crippen LogP contribution in [-0.4, -0.2) is 63.7 Å². The number of benzene rings is 1. The Morgan fingerprint density at radius 3 is 2.52 bits per heavy atom. The molecule has 4 rings (SSSR count). The molecule has 2 N–H and O–H groups in total. The normalized spacial score (nSPS) is 21.0. The van der Waals surface area contributed by atoms with E-state index in [-0.39, 0.29) is 29.3 Å². The van der Waals surface area contributed by atoms with Crippen molar-refractivity contribution in [2.45, 2.75) is 51.6 Å². The number of hydrogen-bond donors (Lipinski definition) is 2. The van der Waals surface area contributed by atoms with Gasteiger partial charge in [-0.1, -0.05) is 12.1 Å². The van der Waals surface area contributed by atoms with E-state index in [1.165, 1.54) is 6.92 Å². The van der Waals surface area contributed by atoms with E-state index in [2.05, 4.69) is 10.3 Å². The van der Waals surface area contributed by atoms with E-state index in [0.717, 1.165) is 35.7 Å². The second-order valence-corrected chi connectivity index (χ2v) is 8.52. The van der Waals surface area contributed by atoms with E-state index in [1.54, 1.807) is 6.92 Å². The van der Waals surface area contributed by atoms with Gasteiger partial charge < -0.3 is 20.1 Å². The summed E-state index contributed by atoms with van der Waals surface area (Å²) in [7, 11) is 0. The molecule has 0 saturated carbocycles. The third-order valence-electron chi connectivity index (χ3n) is 6.40. The minimum absolute atomic E-state index is 0.0389. The quantitative estimate of drug-likeness (QED) is 0.816. The van der Waals surface area contributed by atoms with Crippen LogP contribution in [0.5, 0.6) is 0 Å². The molecule has 0 aliphatic carbocycles. The first-order chi connectivity index (χ1) is 13.8. The van der Waals surface area contributed by atoms with E-state index in [1.807, 2.05) is 41.0 Å². The number of hydrogen-bond acceptors (Lipinski definition) is 3. The van der Waals surface area contributed by atoms with Crippen molar-refractivity contribution in [3.05, 3.63) is 35.5 Å². The van der Waals surface area contributed by atoms with Crippen molar-refractivity contribution >= 4 is 28.6 Å². The fraction of sp³-hybridized carbons (Fsp3) is 0.500. The van der Waals surface area contributed by atoms with Crippen LogP contribution < -0.4 is 5.32 Å². The fourth-order valence-electron chi connectivity index (χ4n) is 4.94. The maximum absolute atomic E-state index is 13.5. The number of fused-ring (bicyclic) bond motifs is 1. The third kappa shape index (κ3) is 3.61. The highest BCUT2D eigenvalue weighted by molar-refractivity contribution is 5.98. The van der Waals surface area contributed by atoms with Crippen molar-refractivity contribution in [1.29, 1.82) is 0 Å². The standard InChI is InChI=1S/C22H28N4O3/c1-14-4-5-17-11-20(24-19(17)10-14)21(29)26-13-18(23-15(2)27)12-22(26)6-8-25(9-7-22)16(3)28/h4-5,10-11,18,24H,6-9,12-13H2,1-3H3,(H,23,27)/t18-/m0/s1. The molecule has 3 amide bonds. The first-order valence-electron chi connectivity index (χ1n) is 10.2. The Balaban J connectivity index is 1.63. The topological polar surface area (TPSA) is 85.5 Å². The molecule has 2 aliphatic rings. The lowest BCUT2D eigenvalue weighted by Crippen LogP contribution is -2.54. The lowest BCUT2D eigenvalue weighted by molar-refractivity contribution is -0.131. The molecule has 1 aromatic carbocycles. The van der Waals surface area contributed by atoms with Gasteiger partial charge in [-0.25, -0.2) is 0 Å². The molecule has 154 valence electrons. The van der Waals surface area contributed by atoms with Crippen LogP contribution in [0.15, 0.2) is 24.3 Å². The molecule has 2 aliphatic heterocycles. The Morgan fingerprint density at radius 1 is 1.14 bits per heavy atom. The van der Waals surface area contributed by atoms with Gasteiger partial charge >= 0.3 is 0 Å². The molecule has 2 aromatic rings. The predicted molar refractivity (Wildman–Crippen MR) is 111 cm³/mol. The molecule has 3 heterocycles. The maximum Gasteiger partial charge on any atom is 0.270 e. The van der Waals surface area contributed by atoms with Gasteiger partial charge in [-0.3, -0.25) is 14.4 Å². The Labute approximate surface area is 170 Å². The van der Waals surface area contributed by atoms with Crippen molar-refractivity contribution < 1.29 is 14.4 Å². The zero-order chi connectivity index (χ0) is 20.8. The van der Waals surface area contributed by atoms with Crippen LogP contribution >= 0.6 is 0 Å². The average Bonchev–Trinajstić information content (AvgIpc) is 3.22. The Bertz CT molecular complexity index is 972. The van der Waals surface area contributed by atoms with Gasteiger partial charge in [0, 0.05) is 56.0 Å². The zero-order valence-electron chi connectivity index (χ0n) is 17.2. The molecule has 7 nitrogen and oxygen atoms in total. The zero-order valence-corrected chi connectivity index (χ0v) is 17.2. The summed E-state index contributed by atoms with van der Waals surface area (Å²) < 4.78 is 0. The van der Waals surface area contributed by atoms with E-state index in [0.29, 0.717) is 25.3 Å². The molecule has 29 heavy (non-hydrogen) atoms. The monoisotopic (exact) mass is 396 g/mol. The summed E-state index contributed by atoms with van der Waals surface area (Å²) in [6, 6.07) is 7.93. The van der Waals surface area contributed by atoms with Crippen LogP contribution in [-0.2, 0) is 9.59 Å². The number of likely N-dealkylation sites (tertiary alicyclic amines) is 2. The summed E-state index contributed by atoms with van der Waals surface area (Å²) in [6.07, 6.45) is 2.19. The molecule has 2 fully saturated rings. The minimum atomic E-state index is -0.330. The van der Waals surface area contributed by atoms with Crippen LogP contribution in [0.1, 0.15) is 49.2 Å². The third-order valence-corrected chi connectivity index (χ3v) is 6.40. The van der Waals surface area contributed by atoms with Gasteiger partial charge in [-0.2, -0.15) is 0 Å². The van der Waals surface area contributed by atoms with Gasteiger partial charge in [-0.05, 0) is 43.9 Å². The molecule has 0 bridgehead atoms. The summed E-state index contributed by atoms with van der Waals surface area (Å²) in [4.78, 5) is 44.0. The van der Waals surface area contributed by atoms with Gasteiger partial charge in [0.2, 0.25) is 11.8 Å². The van der Waals surface area contributed by atoms with Crippen molar-refractivity contribution in [2.24, 2.45) is 0 Å². The number of carbonyl (C=O) groups excluding carboxylic acids is 3. The van der Waals surface area contributed by atoms with Gasteiger partial charge in [0.1, 0.15) is 5.69 Å². The molecule has 7 heteroatoms. The number of carbonyl (C=O) groups is 3. The largest absolute Gasteiger partial charge is 0.352 e. The highest BCUT2D eigenvalue weighted by atomic mass is 16.2. The Morgan fingerprint density at radius 2 is 1.86 bits per heavy atom. The highest BCUT2D eigenvalue weighted by Gasteiger charge is 2.50.